The summed E-state index contributed by atoms with van der Waals surface area (Å²) in [7, 11) is 2.29. The number of piperidine rings is 1. The molecule has 152 valence electrons. The molecule has 2 atom stereocenters. The Labute approximate surface area is 175 Å². The van der Waals surface area contributed by atoms with Crippen molar-refractivity contribution in [2.75, 3.05) is 20.1 Å². The van der Waals surface area contributed by atoms with Gasteiger partial charge in [0, 0.05) is 30.7 Å². The lowest BCUT2D eigenvalue weighted by atomic mass is 9.85. The molecule has 2 aliphatic rings. The van der Waals surface area contributed by atoms with Gasteiger partial charge in [-0.3, -0.25) is 9.69 Å². The predicted octanol–water partition coefficient (Wildman–Crippen LogP) is 5.23. The number of carbonyl (C=O) groups excluding carboxylic acids is 1. The van der Waals surface area contributed by atoms with Crippen LogP contribution in [0.25, 0.3) is 5.57 Å². The maximum absolute atomic E-state index is 12.7. The minimum atomic E-state index is 0.118. The van der Waals surface area contributed by atoms with Gasteiger partial charge in [0.2, 0.25) is 0 Å². The van der Waals surface area contributed by atoms with Gasteiger partial charge in [-0.25, -0.2) is 0 Å². The molecule has 0 saturated carbocycles. The van der Waals surface area contributed by atoms with Crippen molar-refractivity contribution in [2.45, 2.75) is 51.6 Å². The first-order chi connectivity index (χ1) is 14.1. The molecule has 4 rings (SSSR count). The Morgan fingerprint density at radius 3 is 1.93 bits per heavy atom. The van der Waals surface area contributed by atoms with Crippen molar-refractivity contribution in [3.63, 3.8) is 0 Å². The molecule has 0 aliphatic carbocycles. The molecule has 0 aromatic heterocycles. The van der Waals surface area contributed by atoms with Gasteiger partial charge in [0.1, 0.15) is 0 Å². The second-order valence-electron chi connectivity index (χ2n) is 8.36. The van der Waals surface area contributed by atoms with Crippen LogP contribution in [0.5, 0.6) is 0 Å². The largest absolute Gasteiger partial charge is 0.339 e. The fourth-order valence-electron chi connectivity index (χ4n) is 5.09. The van der Waals surface area contributed by atoms with Crippen LogP contribution in [0.3, 0.4) is 0 Å². The van der Waals surface area contributed by atoms with E-state index in [9.17, 15) is 4.79 Å². The number of hydrogen-bond acceptors (Lipinski definition) is 2. The first kappa shape index (κ1) is 19.9. The van der Waals surface area contributed by atoms with Crippen molar-refractivity contribution >= 4 is 11.5 Å². The standard InChI is InChI=1S/C26H32N2O/c1-4-28(5-2)26(29)21-13-11-20(12-14-21)25(19-9-7-6-8-10-19)22-17-23-15-16-24(18-22)27(23)3/h6-14,23-24H,4-5,15-18H2,1-3H3/t23-,24+. The highest BCUT2D eigenvalue weighted by atomic mass is 16.2. The zero-order valence-corrected chi connectivity index (χ0v) is 17.9. The van der Waals surface area contributed by atoms with Crippen molar-refractivity contribution in [1.82, 2.24) is 9.80 Å². The number of hydrogen-bond donors (Lipinski definition) is 0. The van der Waals surface area contributed by atoms with Crippen molar-refractivity contribution < 1.29 is 4.79 Å². The van der Waals surface area contributed by atoms with Crippen molar-refractivity contribution in [2.24, 2.45) is 0 Å². The lowest BCUT2D eigenvalue weighted by Gasteiger charge is -2.34. The highest BCUT2D eigenvalue weighted by molar-refractivity contribution is 5.95. The van der Waals surface area contributed by atoms with Crippen LogP contribution in [0.15, 0.2) is 60.2 Å². The van der Waals surface area contributed by atoms with E-state index < -0.39 is 0 Å². The summed E-state index contributed by atoms with van der Waals surface area (Å²) in [5, 5.41) is 0. The molecule has 0 unspecified atom stereocenters. The number of fused-ring (bicyclic) bond motifs is 2. The molecule has 0 N–H and O–H groups in total. The first-order valence-corrected chi connectivity index (χ1v) is 11.0. The summed E-state index contributed by atoms with van der Waals surface area (Å²) in [6.07, 6.45) is 4.92. The van der Waals surface area contributed by atoms with Crippen LogP contribution in [-0.4, -0.2) is 47.9 Å². The average molecular weight is 389 g/mol. The predicted molar refractivity (Wildman–Crippen MR) is 120 cm³/mol. The maximum atomic E-state index is 12.7. The molecule has 0 radical (unpaired) electrons. The van der Waals surface area contributed by atoms with E-state index in [1.54, 1.807) is 5.57 Å². The van der Waals surface area contributed by atoms with Crippen LogP contribution >= 0.6 is 0 Å². The highest BCUT2D eigenvalue weighted by Gasteiger charge is 2.37. The highest BCUT2D eigenvalue weighted by Crippen LogP contribution is 2.42. The van der Waals surface area contributed by atoms with E-state index in [0.29, 0.717) is 12.1 Å². The van der Waals surface area contributed by atoms with Crippen molar-refractivity contribution in [1.29, 1.82) is 0 Å². The molecule has 2 aromatic rings. The van der Waals surface area contributed by atoms with Crippen molar-refractivity contribution in [3.8, 4) is 0 Å². The molecular weight excluding hydrogens is 356 g/mol. The van der Waals surface area contributed by atoms with E-state index in [4.69, 9.17) is 0 Å². The Morgan fingerprint density at radius 2 is 1.38 bits per heavy atom. The Morgan fingerprint density at radius 1 is 0.862 bits per heavy atom. The summed E-state index contributed by atoms with van der Waals surface area (Å²) in [5.41, 5.74) is 6.24. The van der Waals surface area contributed by atoms with Gasteiger partial charge in [-0.1, -0.05) is 48.0 Å². The molecule has 0 spiro atoms. The van der Waals surface area contributed by atoms with Crippen LogP contribution in [0.2, 0.25) is 0 Å². The summed E-state index contributed by atoms with van der Waals surface area (Å²) in [6.45, 7) is 5.55. The van der Waals surface area contributed by atoms with Crippen LogP contribution in [0, 0.1) is 0 Å². The molecule has 2 saturated heterocycles. The molecular formula is C26H32N2O. The number of benzene rings is 2. The lowest BCUT2D eigenvalue weighted by Crippen LogP contribution is -2.37. The minimum absolute atomic E-state index is 0.118. The monoisotopic (exact) mass is 388 g/mol. The Hall–Kier alpha value is -2.39. The van der Waals surface area contributed by atoms with Crippen LogP contribution < -0.4 is 0 Å². The topological polar surface area (TPSA) is 23.6 Å². The Bertz CT molecular complexity index is 865. The van der Waals surface area contributed by atoms with E-state index in [-0.39, 0.29) is 5.91 Å². The van der Waals surface area contributed by atoms with E-state index >= 15 is 0 Å². The van der Waals surface area contributed by atoms with Gasteiger partial charge in [0.05, 0.1) is 0 Å². The molecule has 3 nitrogen and oxygen atoms in total. The fourth-order valence-corrected chi connectivity index (χ4v) is 5.09. The molecule has 2 bridgehead atoms. The smallest absolute Gasteiger partial charge is 0.253 e. The normalized spacial score (nSPS) is 23.1. The van der Waals surface area contributed by atoms with Crippen LogP contribution in [0.1, 0.15) is 61.0 Å². The van der Waals surface area contributed by atoms with Gasteiger partial charge < -0.3 is 4.90 Å². The quantitative estimate of drug-likeness (QED) is 0.700. The van der Waals surface area contributed by atoms with Crippen LogP contribution in [0.4, 0.5) is 0 Å². The fraction of sp³-hybridized carbons (Fsp3) is 0.423. The molecule has 1 amide bonds. The van der Waals surface area contributed by atoms with Gasteiger partial charge in [-0.05, 0) is 75.4 Å². The third-order valence-electron chi connectivity index (χ3n) is 6.84. The zero-order valence-electron chi connectivity index (χ0n) is 17.9. The van der Waals surface area contributed by atoms with Crippen LogP contribution in [-0.2, 0) is 0 Å². The summed E-state index contributed by atoms with van der Waals surface area (Å²) in [5.74, 6) is 0.118. The number of rotatable bonds is 5. The summed E-state index contributed by atoms with van der Waals surface area (Å²) >= 11 is 0. The molecule has 3 heteroatoms. The van der Waals surface area contributed by atoms with Gasteiger partial charge in [0.15, 0.2) is 0 Å². The summed E-state index contributed by atoms with van der Waals surface area (Å²) in [4.78, 5) is 17.2. The van der Waals surface area contributed by atoms with E-state index in [1.165, 1.54) is 29.5 Å². The molecule has 29 heavy (non-hydrogen) atoms. The van der Waals surface area contributed by atoms with Gasteiger partial charge in [-0.2, -0.15) is 0 Å². The van der Waals surface area contributed by atoms with Gasteiger partial charge in [-0.15, -0.1) is 0 Å². The molecule has 2 fully saturated rings. The zero-order chi connectivity index (χ0) is 20.4. The third kappa shape index (κ3) is 3.89. The number of amides is 1. The van der Waals surface area contributed by atoms with E-state index in [1.807, 2.05) is 30.9 Å². The molecule has 2 aliphatic heterocycles. The van der Waals surface area contributed by atoms with E-state index in [2.05, 4.69) is 54.4 Å². The first-order valence-electron chi connectivity index (χ1n) is 11.0. The third-order valence-corrected chi connectivity index (χ3v) is 6.84. The maximum Gasteiger partial charge on any atom is 0.253 e. The average Bonchev–Trinajstić information content (AvgIpc) is 2.96. The van der Waals surface area contributed by atoms with Gasteiger partial charge in [0.25, 0.3) is 5.91 Å². The van der Waals surface area contributed by atoms with Crippen molar-refractivity contribution in [3.05, 3.63) is 76.9 Å². The molecule has 2 heterocycles. The Balaban J connectivity index is 1.72. The summed E-state index contributed by atoms with van der Waals surface area (Å²) < 4.78 is 0. The SMILES string of the molecule is CCN(CC)C(=O)c1ccc(C(=C2C[C@H]3CC[C@@H](C2)N3C)c2ccccc2)cc1. The van der Waals surface area contributed by atoms with Gasteiger partial charge >= 0.3 is 0 Å². The number of nitrogens with zero attached hydrogens (tertiary/aromatic N) is 2. The van der Waals surface area contributed by atoms with E-state index in [0.717, 1.165) is 31.5 Å². The second-order valence-corrected chi connectivity index (χ2v) is 8.36. The number of carbonyl (C=O) groups is 1. The lowest BCUT2D eigenvalue weighted by molar-refractivity contribution is 0.0773. The second kappa shape index (κ2) is 8.54. The Kier molecular flexibility index (Phi) is 5.86. The summed E-state index contributed by atoms with van der Waals surface area (Å²) in [6, 6.07) is 20.4. The molecule has 2 aromatic carbocycles. The minimum Gasteiger partial charge on any atom is -0.339 e.